The van der Waals surface area contributed by atoms with Crippen molar-refractivity contribution in [1.82, 2.24) is 20.5 Å². The summed E-state index contributed by atoms with van der Waals surface area (Å²) in [5, 5.41) is 12.5. The van der Waals surface area contributed by atoms with Gasteiger partial charge >= 0.3 is 0 Å². The SMILES string of the molecule is COc1ccc(C(NC(=O)CSc2nnc(-c3ccccc3)c(-c3ccccc3)n2)C2CC2)cc1. The molecule has 1 aromatic heterocycles. The van der Waals surface area contributed by atoms with Crippen LogP contribution in [0.2, 0.25) is 0 Å². The van der Waals surface area contributed by atoms with Crippen molar-refractivity contribution >= 4 is 17.7 Å². The number of hydrogen-bond acceptors (Lipinski definition) is 6. The minimum atomic E-state index is -0.0419. The topological polar surface area (TPSA) is 77.0 Å². The van der Waals surface area contributed by atoms with Crippen LogP contribution in [-0.2, 0) is 4.79 Å². The molecule has 1 N–H and O–H groups in total. The number of ether oxygens (including phenoxy) is 1. The third-order valence-electron chi connectivity index (χ3n) is 5.98. The monoisotopic (exact) mass is 482 g/mol. The van der Waals surface area contributed by atoms with E-state index < -0.39 is 0 Å². The van der Waals surface area contributed by atoms with Gasteiger partial charge < -0.3 is 10.1 Å². The minimum Gasteiger partial charge on any atom is -0.497 e. The van der Waals surface area contributed by atoms with Crippen LogP contribution < -0.4 is 10.1 Å². The van der Waals surface area contributed by atoms with E-state index in [-0.39, 0.29) is 17.7 Å². The van der Waals surface area contributed by atoms with Gasteiger partial charge in [0.05, 0.1) is 18.9 Å². The van der Waals surface area contributed by atoms with Gasteiger partial charge in [-0.05, 0) is 36.5 Å². The number of benzene rings is 3. The van der Waals surface area contributed by atoms with E-state index in [9.17, 15) is 4.79 Å². The Bertz CT molecular complexity index is 1280. The molecule has 176 valence electrons. The van der Waals surface area contributed by atoms with Crippen LogP contribution in [0.15, 0.2) is 90.1 Å². The molecular formula is C28H26N4O2S. The summed E-state index contributed by atoms with van der Waals surface area (Å²) in [4.78, 5) is 17.7. The first kappa shape index (κ1) is 23.1. The van der Waals surface area contributed by atoms with Crippen LogP contribution >= 0.6 is 11.8 Å². The summed E-state index contributed by atoms with van der Waals surface area (Å²) in [5.41, 5.74) is 4.49. The van der Waals surface area contributed by atoms with Crippen molar-refractivity contribution in [3.63, 3.8) is 0 Å². The summed E-state index contributed by atoms with van der Waals surface area (Å²) in [6, 6.07) is 27.8. The third kappa shape index (κ3) is 5.69. The van der Waals surface area contributed by atoms with E-state index in [2.05, 4.69) is 15.5 Å². The van der Waals surface area contributed by atoms with Gasteiger partial charge in [-0.3, -0.25) is 4.79 Å². The molecule has 6 nitrogen and oxygen atoms in total. The van der Waals surface area contributed by atoms with E-state index >= 15 is 0 Å². The summed E-state index contributed by atoms with van der Waals surface area (Å²) < 4.78 is 5.26. The number of carbonyl (C=O) groups is 1. The Kier molecular flexibility index (Phi) is 7.04. The molecule has 0 aliphatic heterocycles. The highest BCUT2D eigenvalue weighted by molar-refractivity contribution is 7.99. The van der Waals surface area contributed by atoms with Crippen LogP contribution in [0.4, 0.5) is 0 Å². The second kappa shape index (κ2) is 10.7. The average molecular weight is 483 g/mol. The molecular weight excluding hydrogens is 456 g/mol. The van der Waals surface area contributed by atoms with E-state index in [1.54, 1.807) is 7.11 Å². The first-order chi connectivity index (χ1) is 17.2. The lowest BCUT2D eigenvalue weighted by atomic mass is 10.0. The highest BCUT2D eigenvalue weighted by Crippen LogP contribution is 2.41. The lowest BCUT2D eigenvalue weighted by molar-refractivity contribution is -0.119. The van der Waals surface area contributed by atoms with Crippen molar-refractivity contribution < 1.29 is 9.53 Å². The zero-order valence-corrected chi connectivity index (χ0v) is 20.2. The van der Waals surface area contributed by atoms with E-state index in [0.717, 1.165) is 46.7 Å². The van der Waals surface area contributed by atoms with Crippen molar-refractivity contribution in [1.29, 1.82) is 0 Å². The quantitative estimate of drug-likeness (QED) is 0.314. The van der Waals surface area contributed by atoms with Crippen molar-refractivity contribution in [2.24, 2.45) is 5.92 Å². The molecule has 7 heteroatoms. The van der Waals surface area contributed by atoms with Crippen LogP contribution in [-0.4, -0.2) is 34.0 Å². The van der Waals surface area contributed by atoms with Gasteiger partial charge in [0.2, 0.25) is 11.1 Å². The molecule has 35 heavy (non-hydrogen) atoms. The fourth-order valence-corrected chi connectivity index (χ4v) is 4.62. The van der Waals surface area contributed by atoms with Crippen LogP contribution in [0.25, 0.3) is 22.5 Å². The van der Waals surface area contributed by atoms with E-state index in [1.165, 1.54) is 11.8 Å². The molecule has 0 bridgehead atoms. The zero-order valence-electron chi connectivity index (χ0n) is 19.4. The molecule has 0 spiro atoms. The van der Waals surface area contributed by atoms with Gasteiger partial charge in [0, 0.05) is 11.1 Å². The second-order valence-corrected chi connectivity index (χ2v) is 9.41. The number of carbonyl (C=O) groups excluding carboxylic acids is 1. The Morgan fingerprint density at radius 1 is 0.914 bits per heavy atom. The molecule has 1 fully saturated rings. The number of aromatic nitrogens is 3. The van der Waals surface area contributed by atoms with E-state index in [4.69, 9.17) is 9.72 Å². The van der Waals surface area contributed by atoms with Gasteiger partial charge in [0.15, 0.2) is 0 Å². The zero-order chi connectivity index (χ0) is 24.0. The lowest BCUT2D eigenvalue weighted by Gasteiger charge is -2.19. The molecule has 1 aliphatic rings. The number of nitrogens with one attached hydrogen (secondary N) is 1. The molecule has 0 radical (unpaired) electrons. The molecule has 0 saturated heterocycles. The molecule has 1 amide bonds. The first-order valence-electron chi connectivity index (χ1n) is 11.6. The van der Waals surface area contributed by atoms with Gasteiger partial charge in [0.1, 0.15) is 17.1 Å². The average Bonchev–Trinajstić information content (AvgIpc) is 3.77. The van der Waals surface area contributed by atoms with Crippen molar-refractivity contribution in [3.8, 4) is 28.3 Å². The Balaban J connectivity index is 1.31. The van der Waals surface area contributed by atoms with Crippen LogP contribution in [0.1, 0.15) is 24.4 Å². The Hall–Kier alpha value is -3.71. The second-order valence-electron chi connectivity index (χ2n) is 8.47. The maximum Gasteiger partial charge on any atom is 0.230 e. The molecule has 1 saturated carbocycles. The lowest BCUT2D eigenvalue weighted by Crippen LogP contribution is -2.31. The van der Waals surface area contributed by atoms with Crippen LogP contribution in [0.3, 0.4) is 0 Å². The standard InChI is InChI=1S/C28H26N4O2S/c1-34-23-16-14-22(15-17-23)25(21-12-13-21)29-24(33)18-35-28-30-26(19-8-4-2-5-9-19)27(31-32-28)20-10-6-3-7-11-20/h2-11,14-17,21,25H,12-13,18H2,1H3,(H,29,33). The van der Waals surface area contributed by atoms with Gasteiger partial charge in [-0.25, -0.2) is 4.98 Å². The maximum atomic E-state index is 12.9. The number of thioether (sulfide) groups is 1. The summed E-state index contributed by atoms with van der Waals surface area (Å²) in [6.07, 6.45) is 2.25. The number of rotatable bonds is 9. The molecule has 1 unspecified atom stereocenters. The summed E-state index contributed by atoms with van der Waals surface area (Å²) in [5.74, 6) is 1.47. The normalized spacial score (nSPS) is 13.7. The summed E-state index contributed by atoms with van der Waals surface area (Å²) in [7, 11) is 1.65. The molecule has 4 aromatic rings. The van der Waals surface area contributed by atoms with Crippen molar-refractivity contribution in [2.75, 3.05) is 12.9 Å². The summed E-state index contributed by atoms with van der Waals surface area (Å²) >= 11 is 1.30. The summed E-state index contributed by atoms with van der Waals surface area (Å²) in [6.45, 7) is 0. The van der Waals surface area contributed by atoms with Gasteiger partial charge in [-0.15, -0.1) is 10.2 Å². The fraction of sp³-hybridized carbons (Fsp3) is 0.214. The Morgan fingerprint density at radius 3 is 2.14 bits per heavy atom. The van der Waals surface area contributed by atoms with Crippen molar-refractivity contribution in [3.05, 3.63) is 90.5 Å². The molecule has 3 aromatic carbocycles. The predicted molar refractivity (Wildman–Crippen MR) is 138 cm³/mol. The van der Waals surface area contributed by atoms with E-state index in [0.29, 0.717) is 11.1 Å². The van der Waals surface area contributed by atoms with Crippen LogP contribution in [0.5, 0.6) is 5.75 Å². The Labute approximate surface area is 209 Å². The van der Waals surface area contributed by atoms with Gasteiger partial charge in [0.25, 0.3) is 0 Å². The highest BCUT2D eigenvalue weighted by Gasteiger charge is 2.33. The Morgan fingerprint density at radius 2 is 1.54 bits per heavy atom. The largest absolute Gasteiger partial charge is 0.497 e. The fourth-order valence-electron chi connectivity index (χ4n) is 4.02. The number of methoxy groups -OCH3 is 1. The van der Waals surface area contributed by atoms with Crippen molar-refractivity contribution in [2.45, 2.75) is 24.0 Å². The smallest absolute Gasteiger partial charge is 0.230 e. The predicted octanol–water partition coefficient (Wildman–Crippen LogP) is 5.57. The third-order valence-corrected chi connectivity index (χ3v) is 6.82. The van der Waals surface area contributed by atoms with Gasteiger partial charge in [-0.2, -0.15) is 0 Å². The highest BCUT2D eigenvalue weighted by atomic mass is 32.2. The van der Waals surface area contributed by atoms with E-state index in [1.807, 2.05) is 84.9 Å². The minimum absolute atomic E-state index is 0.00776. The maximum absolute atomic E-state index is 12.9. The first-order valence-corrected chi connectivity index (χ1v) is 12.6. The van der Waals surface area contributed by atoms with Gasteiger partial charge in [-0.1, -0.05) is 84.6 Å². The molecule has 1 atom stereocenters. The molecule has 1 aliphatic carbocycles. The number of nitrogens with zero attached hydrogens (tertiary/aromatic N) is 3. The molecule has 1 heterocycles. The van der Waals surface area contributed by atoms with Crippen LogP contribution in [0, 0.1) is 5.92 Å². The molecule has 5 rings (SSSR count). The number of hydrogen-bond donors (Lipinski definition) is 1. The number of amides is 1.